The minimum atomic E-state index is -0.705. The first-order valence-corrected chi connectivity index (χ1v) is 8.01. The van der Waals surface area contributed by atoms with Crippen LogP contribution >= 0.6 is 0 Å². The van der Waals surface area contributed by atoms with Gasteiger partial charge in [0.2, 0.25) is 0 Å². The molecule has 0 spiro atoms. The van der Waals surface area contributed by atoms with E-state index in [1.165, 1.54) is 24.3 Å². The monoisotopic (exact) mass is 377 g/mol. The summed E-state index contributed by atoms with van der Waals surface area (Å²) in [4.78, 5) is 46.2. The van der Waals surface area contributed by atoms with Gasteiger partial charge in [0, 0.05) is 38.3 Å². The number of carbonyl (C=O) groups excluding carboxylic acids is 2. The number of amides is 2. The van der Waals surface area contributed by atoms with E-state index in [9.17, 15) is 29.6 Å². The molecular weight excluding hydrogens is 358 g/mol. The predicted molar refractivity (Wildman–Crippen MR) is 93.3 cm³/mol. The van der Waals surface area contributed by atoms with E-state index in [0.29, 0.717) is 13.1 Å². The van der Waals surface area contributed by atoms with Crippen LogP contribution in [0.25, 0.3) is 0 Å². The lowest BCUT2D eigenvalue weighted by molar-refractivity contribution is 0.0885. The highest BCUT2D eigenvalue weighted by molar-refractivity contribution is 5.92. The van der Waals surface area contributed by atoms with Crippen LogP contribution in [0.5, 0.6) is 0 Å². The summed E-state index contributed by atoms with van der Waals surface area (Å²) in [6, 6.07) is 7.59. The molecule has 11 heteroatoms. The quantitative estimate of drug-likeness (QED) is 0.269. The fourth-order valence-electron chi connectivity index (χ4n) is 2.14. The van der Waals surface area contributed by atoms with Gasteiger partial charge in [-0.1, -0.05) is 12.1 Å². The van der Waals surface area contributed by atoms with Gasteiger partial charge in [0.25, 0.3) is 22.9 Å². The molecule has 0 aromatic carbocycles. The summed E-state index contributed by atoms with van der Waals surface area (Å²) in [5, 5.41) is 27.0. The molecule has 2 amide bonds. The average Bonchev–Trinajstić information content (AvgIpc) is 2.65. The second-order valence-corrected chi connectivity index (χ2v) is 5.38. The number of pyridine rings is 2. The van der Waals surface area contributed by atoms with Crippen LogP contribution in [0.2, 0.25) is 0 Å². The molecule has 5 N–H and O–H groups in total. The Morgan fingerprint density at radius 2 is 1.15 bits per heavy atom. The molecule has 2 heterocycles. The summed E-state index contributed by atoms with van der Waals surface area (Å²) in [5.74, 6) is -1.20. The van der Waals surface area contributed by atoms with Gasteiger partial charge in [-0.15, -0.1) is 9.46 Å². The van der Waals surface area contributed by atoms with Crippen LogP contribution in [0, 0.1) is 0 Å². The lowest BCUT2D eigenvalue weighted by Gasteiger charge is -2.09. The third-order valence-corrected chi connectivity index (χ3v) is 3.50. The molecule has 0 unspecified atom stereocenters. The first-order valence-electron chi connectivity index (χ1n) is 8.01. The maximum atomic E-state index is 11.8. The fourth-order valence-corrected chi connectivity index (χ4v) is 2.14. The van der Waals surface area contributed by atoms with E-state index in [2.05, 4.69) is 16.0 Å². The predicted octanol–water partition coefficient (Wildman–Crippen LogP) is -1.77. The molecule has 2 aromatic rings. The topological polar surface area (TPSA) is 155 Å². The zero-order valence-corrected chi connectivity index (χ0v) is 14.2. The number of carbonyl (C=O) groups is 2. The number of aromatic nitrogens is 2. The molecule has 0 bridgehead atoms. The van der Waals surface area contributed by atoms with Gasteiger partial charge in [-0.25, -0.2) is 0 Å². The largest absolute Gasteiger partial charge is 0.425 e. The molecule has 0 fully saturated rings. The van der Waals surface area contributed by atoms with Gasteiger partial charge in [0.15, 0.2) is 0 Å². The highest BCUT2D eigenvalue weighted by Gasteiger charge is 2.11. The van der Waals surface area contributed by atoms with Crippen molar-refractivity contribution < 1.29 is 20.0 Å². The van der Waals surface area contributed by atoms with E-state index in [0.717, 1.165) is 12.1 Å². The maximum absolute atomic E-state index is 11.8. The highest BCUT2D eigenvalue weighted by Crippen LogP contribution is 1.94. The number of hydrogen-bond donors (Lipinski definition) is 5. The van der Waals surface area contributed by atoms with Crippen molar-refractivity contribution >= 4 is 11.8 Å². The Balaban J connectivity index is 1.66. The van der Waals surface area contributed by atoms with Crippen molar-refractivity contribution in [2.24, 2.45) is 0 Å². The van der Waals surface area contributed by atoms with Crippen molar-refractivity contribution in [3.63, 3.8) is 0 Å². The van der Waals surface area contributed by atoms with Crippen molar-refractivity contribution in [2.45, 2.75) is 0 Å². The van der Waals surface area contributed by atoms with Gasteiger partial charge < -0.3 is 26.4 Å². The van der Waals surface area contributed by atoms with E-state index >= 15 is 0 Å². The molecule has 0 radical (unpaired) electrons. The second kappa shape index (κ2) is 9.20. The SMILES string of the molecule is O=C(NCCNCCNC(=O)c1cccc(=O)n1O)c1cccc(=O)n1O. The Bertz CT molecular complexity index is 860. The Labute approximate surface area is 152 Å². The molecule has 0 saturated heterocycles. The van der Waals surface area contributed by atoms with Crippen molar-refractivity contribution in [3.8, 4) is 0 Å². The van der Waals surface area contributed by atoms with E-state index in [-0.39, 0.29) is 33.9 Å². The highest BCUT2D eigenvalue weighted by atomic mass is 16.5. The van der Waals surface area contributed by atoms with Gasteiger partial charge in [-0.05, 0) is 12.1 Å². The number of hydrogen-bond acceptors (Lipinski definition) is 7. The molecule has 27 heavy (non-hydrogen) atoms. The lowest BCUT2D eigenvalue weighted by atomic mass is 10.3. The van der Waals surface area contributed by atoms with Crippen LogP contribution < -0.4 is 27.1 Å². The Kier molecular flexibility index (Phi) is 6.72. The standard InChI is InChI=1S/C16H19N5O6/c22-13-5-1-3-11(20(13)26)15(24)18-9-7-17-8-10-19-16(25)12-4-2-6-14(23)21(12)27/h1-6,17,26-27H,7-10H2,(H,18,24)(H,19,25). The number of nitrogens with zero attached hydrogens (tertiary/aromatic N) is 2. The average molecular weight is 377 g/mol. The second-order valence-electron chi connectivity index (χ2n) is 5.38. The minimum absolute atomic E-state index is 0.173. The minimum Gasteiger partial charge on any atom is -0.425 e. The van der Waals surface area contributed by atoms with Crippen LogP contribution in [-0.2, 0) is 0 Å². The van der Waals surface area contributed by atoms with Crippen molar-refractivity contribution in [2.75, 3.05) is 26.2 Å². The van der Waals surface area contributed by atoms with E-state index in [1.807, 2.05) is 0 Å². The van der Waals surface area contributed by atoms with E-state index in [1.54, 1.807) is 0 Å². The zero-order valence-electron chi connectivity index (χ0n) is 14.2. The van der Waals surface area contributed by atoms with Crippen molar-refractivity contribution in [1.29, 1.82) is 0 Å². The lowest BCUT2D eigenvalue weighted by Crippen LogP contribution is -2.38. The fraction of sp³-hybridized carbons (Fsp3) is 0.250. The van der Waals surface area contributed by atoms with Crippen LogP contribution in [0.1, 0.15) is 21.0 Å². The summed E-state index contributed by atoms with van der Waals surface area (Å²) in [6.07, 6.45) is 0. The van der Waals surface area contributed by atoms with Gasteiger partial charge in [0.1, 0.15) is 11.4 Å². The molecule has 0 atom stereocenters. The van der Waals surface area contributed by atoms with Gasteiger partial charge in [-0.3, -0.25) is 19.2 Å². The molecule has 144 valence electrons. The molecule has 2 aromatic heterocycles. The molecule has 0 aliphatic rings. The summed E-state index contributed by atoms with van der Waals surface area (Å²) in [7, 11) is 0. The maximum Gasteiger partial charge on any atom is 0.283 e. The van der Waals surface area contributed by atoms with Crippen LogP contribution in [0.3, 0.4) is 0 Å². The first kappa shape index (κ1) is 19.7. The van der Waals surface area contributed by atoms with Crippen LogP contribution in [0.4, 0.5) is 0 Å². The summed E-state index contributed by atoms with van der Waals surface area (Å²) in [6.45, 7) is 1.20. The first-order chi connectivity index (χ1) is 12.9. The molecule has 0 aliphatic heterocycles. The number of rotatable bonds is 8. The number of nitrogens with one attached hydrogen (secondary N) is 3. The Hall–Kier alpha value is -3.60. The van der Waals surface area contributed by atoms with E-state index < -0.39 is 22.9 Å². The summed E-state index contributed by atoms with van der Waals surface area (Å²) in [5.41, 5.74) is -1.76. The van der Waals surface area contributed by atoms with Crippen molar-refractivity contribution in [3.05, 3.63) is 68.5 Å². The summed E-state index contributed by atoms with van der Waals surface area (Å²) >= 11 is 0. The third-order valence-electron chi connectivity index (χ3n) is 3.50. The Morgan fingerprint density at radius 3 is 1.56 bits per heavy atom. The smallest absolute Gasteiger partial charge is 0.283 e. The van der Waals surface area contributed by atoms with Crippen LogP contribution in [-0.4, -0.2) is 57.9 Å². The van der Waals surface area contributed by atoms with Gasteiger partial charge >= 0.3 is 0 Å². The normalized spacial score (nSPS) is 10.4. The molecule has 0 aliphatic carbocycles. The van der Waals surface area contributed by atoms with Crippen LogP contribution in [0.15, 0.2) is 46.0 Å². The third kappa shape index (κ3) is 5.19. The van der Waals surface area contributed by atoms with Gasteiger partial charge in [0.05, 0.1) is 0 Å². The van der Waals surface area contributed by atoms with E-state index in [4.69, 9.17) is 0 Å². The molecule has 11 nitrogen and oxygen atoms in total. The van der Waals surface area contributed by atoms with Gasteiger partial charge in [-0.2, -0.15) is 0 Å². The molecular formula is C16H19N5O6. The zero-order chi connectivity index (χ0) is 19.8. The molecule has 0 saturated carbocycles. The van der Waals surface area contributed by atoms with Crippen molar-refractivity contribution in [1.82, 2.24) is 25.4 Å². The summed E-state index contributed by atoms with van der Waals surface area (Å²) < 4.78 is 0.533. The molecule has 2 rings (SSSR count). The Morgan fingerprint density at radius 1 is 0.741 bits per heavy atom.